The third-order valence-corrected chi connectivity index (χ3v) is 4.91. The highest BCUT2D eigenvalue weighted by Crippen LogP contribution is 2.32. The van der Waals surface area contributed by atoms with Gasteiger partial charge in [-0.25, -0.2) is 9.78 Å². The first-order chi connectivity index (χ1) is 15.0. The molecule has 3 aromatic rings. The Balaban J connectivity index is 1.90. The van der Waals surface area contributed by atoms with E-state index in [1.165, 1.54) is 24.7 Å². The molecule has 0 radical (unpaired) electrons. The molecule has 3 rings (SSSR count). The molecule has 0 unspecified atom stereocenters. The monoisotopic (exact) mass is 448 g/mol. The predicted octanol–water partition coefficient (Wildman–Crippen LogP) is 4.38. The maximum atomic E-state index is 13.0. The van der Waals surface area contributed by atoms with Crippen LogP contribution in [0.2, 0.25) is 0 Å². The van der Waals surface area contributed by atoms with Crippen LogP contribution in [0.15, 0.2) is 36.5 Å². The fourth-order valence-corrected chi connectivity index (χ4v) is 3.59. The number of methoxy groups -OCH3 is 1. The summed E-state index contributed by atoms with van der Waals surface area (Å²) in [5.41, 5.74) is 1.34. The van der Waals surface area contributed by atoms with E-state index < -0.39 is 17.7 Å². The van der Waals surface area contributed by atoms with Crippen molar-refractivity contribution in [3.63, 3.8) is 0 Å². The van der Waals surface area contributed by atoms with Crippen LogP contribution < -0.4 is 10.6 Å². The van der Waals surface area contributed by atoms with Crippen molar-refractivity contribution in [1.29, 1.82) is 0 Å². The lowest BCUT2D eigenvalue weighted by Crippen LogP contribution is -2.18. The summed E-state index contributed by atoms with van der Waals surface area (Å²) in [5.74, 6) is -0.986. The number of carbonyl (C=O) groups excluding carboxylic acids is 2. The first kappa shape index (κ1) is 23.1. The van der Waals surface area contributed by atoms with Crippen LogP contribution in [-0.4, -0.2) is 34.6 Å². The Morgan fingerprint density at radius 2 is 1.97 bits per heavy atom. The van der Waals surface area contributed by atoms with Crippen LogP contribution in [0.1, 0.15) is 35.5 Å². The Bertz CT molecular complexity index is 1170. The molecule has 2 aromatic heterocycles. The fourth-order valence-electron chi connectivity index (χ4n) is 3.59. The number of benzene rings is 1. The molecule has 170 valence electrons. The second kappa shape index (κ2) is 8.89. The highest BCUT2D eigenvalue weighted by atomic mass is 19.4. The van der Waals surface area contributed by atoms with E-state index in [-0.39, 0.29) is 23.3 Å². The first-order valence-corrected chi connectivity index (χ1v) is 9.78. The van der Waals surface area contributed by atoms with E-state index in [9.17, 15) is 22.8 Å². The topological polar surface area (TPSA) is 85.2 Å². The van der Waals surface area contributed by atoms with Crippen molar-refractivity contribution < 1.29 is 27.5 Å². The van der Waals surface area contributed by atoms with Crippen LogP contribution in [0, 0.1) is 0 Å². The number of hydrogen-bond donors (Lipinski definition) is 2. The summed E-state index contributed by atoms with van der Waals surface area (Å²) in [5, 5.41) is 6.40. The quantitative estimate of drug-likeness (QED) is 0.547. The molecule has 0 fully saturated rings. The number of fused-ring (bicyclic) bond motifs is 1. The van der Waals surface area contributed by atoms with E-state index in [2.05, 4.69) is 15.6 Å². The van der Waals surface area contributed by atoms with Crippen LogP contribution >= 0.6 is 0 Å². The summed E-state index contributed by atoms with van der Waals surface area (Å²) in [6.07, 6.45) is -2.49. The molecule has 0 saturated carbocycles. The molecule has 0 aliphatic heterocycles. The van der Waals surface area contributed by atoms with Crippen molar-refractivity contribution >= 4 is 34.3 Å². The van der Waals surface area contributed by atoms with E-state index in [0.717, 1.165) is 12.1 Å². The Morgan fingerprint density at radius 1 is 1.25 bits per heavy atom. The SMILES string of the molecule is COC(=O)c1c(NC(C)=O)c2cc(N[C@H](C)Cc3cccc(C(F)(F)F)c3)cnc2n1C. The highest BCUT2D eigenvalue weighted by molar-refractivity contribution is 6.10. The summed E-state index contributed by atoms with van der Waals surface area (Å²) in [4.78, 5) is 28.3. The molecule has 0 aliphatic rings. The van der Waals surface area contributed by atoms with Gasteiger partial charge in [-0.15, -0.1) is 0 Å². The molecule has 32 heavy (non-hydrogen) atoms. The third-order valence-electron chi connectivity index (χ3n) is 4.91. The molecule has 1 aromatic carbocycles. The van der Waals surface area contributed by atoms with Crippen LogP contribution in [-0.2, 0) is 29.2 Å². The number of nitrogens with zero attached hydrogens (tertiary/aromatic N) is 2. The number of ether oxygens (including phenoxy) is 1. The zero-order valence-electron chi connectivity index (χ0n) is 18.0. The van der Waals surface area contributed by atoms with Crippen molar-refractivity contribution in [3.8, 4) is 0 Å². The third kappa shape index (κ3) is 4.84. The van der Waals surface area contributed by atoms with Crippen molar-refractivity contribution in [1.82, 2.24) is 9.55 Å². The maximum absolute atomic E-state index is 13.0. The molecule has 0 saturated heterocycles. The van der Waals surface area contributed by atoms with Crippen molar-refractivity contribution in [3.05, 3.63) is 53.3 Å². The van der Waals surface area contributed by atoms with E-state index in [4.69, 9.17) is 4.74 Å². The Morgan fingerprint density at radius 3 is 2.59 bits per heavy atom. The van der Waals surface area contributed by atoms with Gasteiger partial charge in [0.05, 0.1) is 30.2 Å². The minimum Gasteiger partial charge on any atom is -0.464 e. The number of carbonyl (C=O) groups is 2. The summed E-state index contributed by atoms with van der Waals surface area (Å²) in [7, 11) is 2.88. The molecule has 1 atom stereocenters. The van der Waals surface area contributed by atoms with E-state index in [1.807, 2.05) is 6.92 Å². The lowest BCUT2D eigenvalue weighted by Gasteiger charge is -2.16. The summed E-state index contributed by atoms with van der Waals surface area (Å²) >= 11 is 0. The van der Waals surface area contributed by atoms with Gasteiger partial charge in [-0.05, 0) is 31.0 Å². The molecule has 7 nitrogen and oxygen atoms in total. The second-order valence-corrected chi connectivity index (χ2v) is 7.50. The number of rotatable bonds is 6. The Labute approximate surface area is 182 Å². The molecular formula is C22H23F3N4O3. The second-order valence-electron chi connectivity index (χ2n) is 7.50. The number of amides is 1. The Kier molecular flexibility index (Phi) is 6.42. The maximum Gasteiger partial charge on any atom is 0.416 e. The van der Waals surface area contributed by atoms with Gasteiger partial charge in [0, 0.05) is 25.4 Å². The minimum atomic E-state index is -4.40. The lowest BCUT2D eigenvalue weighted by molar-refractivity contribution is -0.137. The average Bonchev–Trinajstić information content (AvgIpc) is 2.97. The molecule has 0 bridgehead atoms. The standard InChI is InChI=1S/C22H23F3N4O3/c1-12(8-14-6-5-7-15(9-14)22(23,24)25)27-16-10-17-18(28-13(2)30)19(21(31)32-4)29(3)20(17)26-11-16/h5-7,9-12,27H,8H2,1-4H3,(H,28,30)/t12-/m1/s1. The number of esters is 1. The number of hydrogen-bond acceptors (Lipinski definition) is 5. The van der Waals surface area contributed by atoms with E-state index >= 15 is 0 Å². The zero-order valence-corrected chi connectivity index (χ0v) is 18.0. The lowest BCUT2D eigenvalue weighted by atomic mass is 10.0. The van der Waals surface area contributed by atoms with Gasteiger partial charge in [0.25, 0.3) is 0 Å². The largest absolute Gasteiger partial charge is 0.464 e. The predicted molar refractivity (Wildman–Crippen MR) is 115 cm³/mol. The van der Waals surface area contributed by atoms with Gasteiger partial charge in [0.2, 0.25) is 5.91 Å². The number of alkyl halides is 3. The number of halogens is 3. The van der Waals surface area contributed by atoms with E-state index in [1.54, 1.807) is 25.4 Å². The van der Waals surface area contributed by atoms with Crippen LogP contribution in [0.25, 0.3) is 11.0 Å². The summed E-state index contributed by atoms with van der Waals surface area (Å²) < 4.78 is 45.2. The highest BCUT2D eigenvalue weighted by Gasteiger charge is 2.30. The van der Waals surface area contributed by atoms with Gasteiger partial charge in [0.1, 0.15) is 5.65 Å². The normalized spacial score (nSPS) is 12.5. The number of aromatic nitrogens is 2. The Hall–Kier alpha value is -3.56. The van der Waals surface area contributed by atoms with Gasteiger partial charge in [-0.3, -0.25) is 4.79 Å². The van der Waals surface area contributed by atoms with Gasteiger partial charge in [-0.2, -0.15) is 13.2 Å². The van der Waals surface area contributed by atoms with Crippen LogP contribution in [0.5, 0.6) is 0 Å². The smallest absolute Gasteiger partial charge is 0.416 e. The van der Waals surface area contributed by atoms with E-state index in [0.29, 0.717) is 28.7 Å². The molecular weight excluding hydrogens is 425 g/mol. The van der Waals surface area contributed by atoms with Gasteiger partial charge >= 0.3 is 12.1 Å². The first-order valence-electron chi connectivity index (χ1n) is 9.78. The number of aryl methyl sites for hydroxylation is 1. The van der Waals surface area contributed by atoms with Crippen molar-refractivity contribution in [2.45, 2.75) is 32.5 Å². The molecule has 2 heterocycles. The minimum absolute atomic E-state index is 0.152. The number of pyridine rings is 1. The fraction of sp³-hybridized carbons (Fsp3) is 0.318. The molecule has 0 spiro atoms. The van der Waals surface area contributed by atoms with Crippen LogP contribution in [0.3, 0.4) is 0 Å². The molecule has 10 heteroatoms. The van der Waals surface area contributed by atoms with Gasteiger partial charge < -0.3 is 19.9 Å². The van der Waals surface area contributed by atoms with Crippen LogP contribution in [0.4, 0.5) is 24.5 Å². The average molecular weight is 448 g/mol. The summed E-state index contributed by atoms with van der Waals surface area (Å²) in [6, 6.07) is 6.71. The van der Waals surface area contributed by atoms with Gasteiger partial charge in [-0.1, -0.05) is 18.2 Å². The molecule has 1 amide bonds. The van der Waals surface area contributed by atoms with Crippen molar-refractivity contribution in [2.24, 2.45) is 7.05 Å². The van der Waals surface area contributed by atoms with Crippen molar-refractivity contribution in [2.75, 3.05) is 17.7 Å². The number of anilines is 2. The number of nitrogens with one attached hydrogen (secondary N) is 2. The molecule has 0 aliphatic carbocycles. The zero-order chi connectivity index (χ0) is 23.6. The molecule has 2 N–H and O–H groups in total. The summed E-state index contributed by atoms with van der Waals surface area (Å²) in [6.45, 7) is 3.16. The van der Waals surface area contributed by atoms with Gasteiger partial charge in [0.15, 0.2) is 5.69 Å².